The Morgan fingerprint density at radius 3 is 2.49 bits per heavy atom. The van der Waals surface area contributed by atoms with Gasteiger partial charge in [-0.3, -0.25) is 30.0 Å². The summed E-state index contributed by atoms with van der Waals surface area (Å²) in [6.07, 6.45) is 0.214. The third kappa shape index (κ3) is 7.44. The van der Waals surface area contributed by atoms with Gasteiger partial charge < -0.3 is 9.84 Å². The van der Waals surface area contributed by atoms with Crippen LogP contribution in [-0.2, 0) is 11.3 Å². The number of rotatable bonds is 12. The Morgan fingerprint density at radius 2 is 1.83 bits per heavy atom. The van der Waals surface area contributed by atoms with E-state index in [9.17, 15) is 23.9 Å². The molecular weight excluding hydrogens is 553 g/mol. The van der Waals surface area contributed by atoms with Gasteiger partial charge in [0.2, 0.25) is 0 Å². The lowest BCUT2D eigenvalue weighted by atomic mass is 10.1. The molecule has 12 heteroatoms. The van der Waals surface area contributed by atoms with Crippen LogP contribution in [0.1, 0.15) is 44.7 Å². The van der Waals surface area contributed by atoms with Crippen molar-refractivity contribution in [3.05, 3.63) is 93.9 Å². The molecule has 0 aliphatic carbocycles. The molecule has 0 fully saturated rings. The minimum Gasteiger partial charge on any atom is -0.448 e. The molecule has 2 atom stereocenters. The number of hydrogen-bond donors (Lipinski definition) is 3. The average molecular weight is 584 g/mol. The van der Waals surface area contributed by atoms with Crippen molar-refractivity contribution in [1.82, 2.24) is 20.1 Å². The van der Waals surface area contributed by atoms with Gasteiger partial charge in [0, 0.05) is 25.3 Å². The van der Waals surface area contributed by atoms with Gasteiger partial charge in [-0.15, -0.1) is 0 Å². The van der Waals surface area contributed by atoms with Crippen LogP contribution in [0.25, 0.3) is 0 Å². The number of likely N-dealkylation sites (N-methyl/N-ethyl adjacent to an activating group) is 1. The second-order valence-electron chi connectivity index (χ2n) is 9.63. The van der Waals surface area contributed by atoms with Crippen LogP contribution in [0.15, 0.2) is 60.8 Å². The van der Waals surface area contributed by atoms with Crippen molar-refractivity contribution in [1.29, 1.82) is 0 Å². The van der Waals surface area contributed by atoms with E-state index < -0.39 is 18.5 Å². The van der Waals surface area contributed by atoms with E-state index in [0.29, 0.717) is 40.1 Å². The van der Waals surface area contributed by atoms with Crippen LogP contribution in [-0.4, -0.2) is 70.4 Å². The standard InChI is InChI=1S/C29H31ClFN5O5/c1-18-19(7-5-11-24(18)31)15-33-28(39)35(2)21(17-41-29(40)34-25-13-12-20(30)16-32-25)8-6-14-36-26(37)22-9-3-4-10-23(22)27(36)38/h3-5,7,9-13,16,21,28,33,39H,6,8,14-15,17H2,1-2H3,(H,32,34,40)/t21-,28?/m0/s1. The summed E-state index contributed by atoms with van der Waals surface area (Å²) < 4.78 is 19.4. The van der Waals surface area contributed by atoms with E-state index >= 15 is 0 Å². The Kier molecular flexibility index (Phi) is 10.0. The van der Waals surface area contributed by atoms with E-state index in [1.54, 1.807) is 61.3 Å². The fraction of sp³-hybridized carbons (Fsp3) is 0.310. The number of halogens is 2. The topological polar surface area (TPSA) is 124 Å². The van der Waals surface area contributed by atoms with Crippen LogP contribution in [0.5, 0.6) is 0 Å². The van der Waals surface area contributed by atoms with Crippen molar-refractivity contribution in [2.24, 2.45) is 0 Å². The number of amides is 3. The van der Waals surface area contributed by atoms with Crippen molar-refractivity contribution in [3.63, 3.8) is 0 Å². The summed E-state index contributed by atoms with van der Waals surface area (Å²) in [5, 5.41) is 16.8. The zero-order chi connectivity index (χ0) is 29.5. The molecule has 0 radical (unpaired) electrons. The van der Waals surface area contributed by atoms with Crippen LogP contribution in [0.4, 0.5) is 15.0 Å². The maximum Gasteiger partial charge on any atom is 0.412 e. The van der Waals surface area contributed by atoms with Crippen LogP contribution < -0.4 is 10.6 Å². The minimum absolute atomic E-state index is 0.115. The maximum atomic E-state index is 13.9. The number of benzene rings is 2. The first-order valence-corrected chi connectivity index (χ1v) is 13.4. The first-order chi connectivity index (χ1) is 19.7. The van der Waals surface area contributed by atoms with Crippen molar-refractivity contribution in [2.45, 2.75) is 38.7 Å². The van der Waals surface area contributed by atoms with E-state index in [0.717, 1.165) is 0 Å². The second kappa shape index (κ2) is 13.6. The number of carbonyl (C=O) groups is 3. The van der Waals surface area contributed by atoms with Gasteiger partial charge in [-0.1, -0.05) is 35.9 Å². The van der Waals surface area contributed by atoms with Crippen molar-refractivity contribution < 1.29 is 28.6 Å². The number of aromatic nitrogens is 1. The molecular formula is C29H31ClFN5O5. The monoisotopic (exact) mass is 583 g/mol. The molecule has 0 bridgehead atoms. The number of carbonyl (C=O) groups excluding carboxylic acids is 3. The molecule has 2 aromatic carbocycles. The van der Waals surface area contributed by atoms with Crippen LogP contribution in [0.2, 0.25) is 5.02 Å². The van der Waals surface area contributed by atoms with E-state index in [-0.39, 0.29) is 43.1 Å². The molecule has 3 aromatic rings. The Balaban J connectivity index is 1.38. The Morgan fingerprint density at radius 1 is 1.12 bits per heavy atom. The first-order valence-electron chi connectivity index (χ1n) is 13.0. The molecule has 10 nitrogen and oxygen atoms in total. The highest BCUT2D eigenvalue weighted by atomic mass is 35.5. The van der Waals surface area contributed by atoms with E-state index in [2.05, 4.69) is 15.6 Å². The molecule has 0 saturated carbocycles. The number of aliphatic hydroxyl groups is 1. The summed E-state index contributed by atoms with van der Waals surface area (Å²) in [5.74, 6) is -0.794. The molecule has 3 amide bonds. The third-order valence-corrected chi connectivity index (χ3v) is 7.20. The number of aliphatic hydroxyl groups excluding tert-OH is 1. The summed E-state index contributed by atoms with van der Waals surface area (Å²) in [6, 6.07) is 14.0. The van der Waals surface area contributed by atoms with Crippen molar-refractivity contribution >= 4 is 35.3 Å². The number of anilines is 1. The second-order valence-corrected chi connectivity index (χ2v) is 10.1. The maximum absolute atomic E-state index is 13.9. The smallest absolute Gasteiger partial charge is 0.412 e. The van der Waals surface area contributed by atoms with Gasteiger partial charge in [-0.2, -0.15) is 0 Å². The Labute approximate surface area is 242 Å². The number of fused-ring (bicyclic) bond motifs is 1. The normalized spacial score (nSPS) is 14.2. The van der Waals surface area contributed by atoms with Gasteiger partial charge in [-0.05, 0) is 68.3 Å². The highest BCUT2D eigenvalue weighted by Crippen LogP contribution is 2.23. The quantitative estimate of drug-likeness (QED) is 0.214. The molecule has 0 saturated heterocycles. The fourth-order valence-electron chi connectivity index (χ4n) is 4.48. The number of hydrogen-bond acceptors (Lipinski definition) is 8. The number of nitrogens with one attached hydrogen (secondary N) is 2. The van der Waals surface area contributed by atoms with Crippen LogP contribution in [0.3, 0.4) is 0 Å². The first kappa shape index (κ1) is 30.1. The largest absolute Gasteiger partial charge is 0.448 e. The molecule has 1 aliphatic rings. The van der Waals surface area contributed by atoms with Gasteiger partial charge in [0.1, 0.15) is 18.2 Å². The Hall–Kier alpha value is -3.90. The summed E-state index contributed by atoms with van der Waals surface area (Å²) >= 11 is 5.83. The summed E-state index contributed by atoms with van der Waals surface area (Å²) in [6.45, 7) is 1.90. The van der Waals surface area contributed by atoms with E-state index in [4.69, 9.17) is 16.3 Å². The van der Waals surface area contributed by atoms with Crippen LogP contribution in [0, 0.1) is 12.7 Å². The lowest BCUT2D eigenvalue weighted by molar-refractivity contribution is -0.0477. The SMILES string of the molecule is Cc1c(F)cccc1CNC(O)N(C)[C@@H](CCCN1C(=O)c2ccccc2C1=O)COC(=O)Nc1ccc(Cl)cn1. The summed E-state index contributed by atoms with van der Waals surface area (Å²) in [4.78, 5) is 44.7. The number of ether oxygens (including phenoxy) is 1. The van der Waals surface area contributed by atoms with Crippen molar-refractivity contribution in [3.8, 4) is 0 Å². The highest BCUT2D eigenvalue weighted by molar-refractivity contribution is 6.30. The Bertz CT molecular complexity index is 1370. The summed E-state index contributed by atoms with van der Waals surface area (Å²) in [5.41, 5.74) is 1.90. The lowest BCUT2D eigenvalue weighted by Gasteiger charge is -2.32. The molecule has 216 valence electrons. The molecule has 1 aromatic heterocycles. The number of nitrogens with zero attached hydrogens (tertiary/aromatic N) is 3. The zero-order valence-electron chi connectivity index (χ0n) is 22.6. The van der Waals surface area contributed by atoms with Gasteiger partial charge in [0.05, 0.1) is 16.1 Å². The fourth-order valence-corrected chi connectivity index (χ4v) is 4.59. The molecule has 2 heterocycles. The lowest BCUT2D eigenvalue weighted by Crippen LogP contribution is -2.50. The zero-order valence-corrected chi connectivity index (χ0v) is 23.4. The average Bonchev–Trinajstić information content (AvgIpc) is 3.21. The highest BCUT2D eigenvalue weighted by Gasteiger charge is 2.35. The number of pyridine rings is 1. The van der Waals surface area contributed by atoms with Gasteiger partial charge in [-0.25, -0.2) is 14.2 Å². The third-order valence-electron chi connectivity index (χ3n) is 6.98. The van der Waals surface area contributed by atoms with Crippen molar-refractivity contribution in [2.75, 3.05) is 25.5 Å². The minimum atomic E-state index is -1.17. The molecule has 41 heavy (non-hydrogen) atoms. The predicted octanol–water partition coefficient (Wildman–Crippen LogP) is 4.17. The van der Waals surface area contributed by atoms with Gasteiger partial charge in [0.25, 0.3) is 11.8 Å². The van der Waals surface area contributed by atoms with E-state index in [1.165, 1.54) is 23.2 Å². The molecule has 3 N–H and O–H groups in total. The van der Waals surface area contributed by atoms with E-state index in [1.807, 2.05) is 0 Å². The predicted molar refractivity (Wildman–Crippen MR) is 151 cm³/mol. The van der Waals surface area contributed by atoms with Gasteiger partial charge in [0.15, 0.2) is 6.35 Å². The molecule has 1 aliphatic heterocycles. The molecule has 0 spiro atoms. The number of imide groups is 1. The van der Waals surface area contributed by atoms with Crippen LogP contribution >= 0.6 is 11.6 Å². The van der Waals surface area contributed by atoms with Gasteiger partial charge >= 0.3 is 6.09 Å². The molecule has 4 rings (SSSR count). The molecule has 1 unspecified atom stereocenters. The summed E-state index contributed by atoms with van der Waals surface area (Å²) in [7, 11) is 1.64.